The van der Waals surface area contributed by atoms with E-state index < -0.39 is 5.97 Å². The second-order valence-corrected chi connectivity index (χ2v) is 10.5. The van der Waals surface area contributed by atoms with E-state index in [9.17, 15) is 19.2 Å². The first kappa shape index (κ1) is 30.7. The van der Waals surface area contributed by atoms with Gasteiger partial charge in [-0.05, 0) is 80.0 Å². The van der Waals surface area contributed by atoms with Crippen molar-refractivity contribution in [3.8, 4) is 0 Å². The van der Waals surface area contributed by atoms with Crippen molar-refractivity contribution in [3.05, 3.63) is 65.2 Å². The minimum Gasteiger partial charge on any atom is -0.481 e. The Balaban J connectivity index is 1.61. The number of esters is 1. The lowest BCUT2D eigenvalue weighted by molar-refractivity contribution is -0.137. The Morgan fingerprint density at radius 2 is 1.60 bits per heavy atom. The third kappa shape index (κ3) is 9.70. The maximum absolute atomic E-state index is 13.4. The van der Waals surface area contributed by atoms with Gasteiger partial charge in [-0.3, -0.25) is 14.4 Å². The molecule has 0 atom stereocenters. The largest absolute Gasteiger partial charge is 0.481 e. The van der Waals surface area contributed by atoms with Crippen molar-refractivity contribution in [2.75, 3.05) is 25.0 Å². The Labute approximate surface area is 236 Å². The maximum Gasteiger partial charge on any atom is 0.338 e. The quantitative estimate of drug-likeness (QED) is 0.226. The van der Waals surface area contributed by atoms with Crippen LogP contribution in [0.5, 0.6) is 0 Å². The van der Waals surface area contributed by atoms with E-state index in [1.807, 2.05) is 24.0 Å². The van der Waals surface area contributed by atoms with E-state index in [1.165, 1.54) is 0 Å². The predicted molar refractivity (Wildman–Crippen MR) is 153 cm³/mol. The lowest BCUT2D eigenvalue weighted by Gasteiger charge is -2.36. The number of nitrogens with one attached hydrogen (secondary N) is 2. The van der Waals surface area contributed by atoms with Gasteiger partial charge in [0, 0.05) is 30.4 Å². The molecule has 0 aromatic heterocycles. The average molecular weight is 552 g/mol. The third-order valence-electron chi connectivity index (χ3n) is 7.24. The van der Waals surface area contributed by atoms with Gasteiger partial charge in [0.1, 0.15) is 0 Å². The Hall–Kier alpha value is -3.88. The van der Waals surface area contributed by atoms with E-state index in [0.29, 0.717) is 30.2 Å². The van der Waals surface area contributed by atoms with E-state index in [1.54, 1.807) is 36.4 Å². The van der Waals surface area contributed by atoms with Crippen LogP contribution in [0.2, 0.25) is 0 Å². The summed E-state index contributed by atoms with van der Waals surface area (Å²) in [4.78, 5) is 50.5. The number of hydrogen-bond acceptors (Lipinski definition) is 6. The van der Waals surface area contributed by atoms with E-state index in [0.717, 1.165) is 49.8 Å². The molecular weight excluding hydrogens is 510 g/mol. The van der Waals surface area contributed by atoms with Crippen LogP contribution in [0, 0.1) is 5.92 Å². The summed E-state index contributed by atoms with van der Waals surface area (Å²) in [6.07, 6.45) is 5.71. The lowest BCUT2D eigenvalue weighted by atomic mass is 9.86. The van der Waals surface area contributed by atoms with Gasteiger partial charge < -0.3 is 25.4 Å². The van der Waals surface area contributed by atoms with Crippen molar-refractivity contribution >= 4 is 29.4 Å². The second kappa shape index (κ2) is 15.6. The standard InChI is InChI=1S/C31H41N3O6/c1-3-4-19-40-31(39)25-11-13-26(14-12-25)33-20-28(35)34(27-15-5-22(2)6-16-27)21-23-7-9-24(10-8-23)30(38)32-18-17-29(36)37/h7-14,22,27,33H,3-6,15-21H2,1-2H3,(H,32,38)(H,36,37). The zero-order valence-electron chi connectivity index (χ0n) is 23.5. The van der Waals surface area contributed by atoms with Gasteiger partial charge in [0.15, 0.2) is 0 Å². The van der Waals surface area contributed by atoms with Gasteiger partial charge in [-0.1, -0.05) is 32.4 Å². The van der Waals surface area contributed by atoms with Gasteiger partial charge >= 0.3 is 11.9 Å². The topological polar surface area (TPSA) is 125 Å². The normalized spacial score (nSPS) is 16.6. The van der Waals surface area contributed by atoms with Crippen LogP contribution in [0.3, 0.4) is 0 Å². The smallest absolute Gasteiger partial charge is 0.338 e. The summed E-state index contributed by atoms with van der Waals surface area (Å²) in [6.45, 7) is 5.31. The summed E-state index contributed by atoms with van der Waals surface area (Å²) in [7, 11) is 0. The van der Waals surface area contributed by atoms with Gasteiger partial charge in [0.2, 0.25) is 5.91 Å². The van der Waals surface area contributed by atoms with Crippen molar-refractivity contribution < 1.29 is 29.0 Å². The van der Waals surface area contributed by atoms with Crippen LogP contribution in [0.15, 0.2) is 48.5 Å². The molecule has 0 aliphatic heterocycles. The number of rotatable bonds is 14. The van der Waals surface area contributed by atoms with E-state index >= 15 is 0 Å². The van der Waals surface area contributed by atoms with Gasteiger partial charge in [0.05, 0.1) is 25.1 Å². The zero-order chi connectivity index (χ0) is 28.9. The molecule has 2 aromatic carbocycles. The number of carbonyl (C=O) groups excluding carboxylic acids is 3. The fourth-order valence-electron chi connectivity index (χ4n) is 4.71. The molecule has 0 spiro atoms. The third-order valence-corrected chi connectivity index (χ3v) is 7.24. The number of carboxylic acids is 1. The van der Waals surface area contributed by atoms with Crippen LogP contribution in [0.25, 0.3) is 0 Å². The molecular formula is C31H41N3O6. The van der Waals surface area contributed by atoms with Crippen LogP contribution in [-0.2, 0) is 20.9 Å². The Morgan fingerprint density at radius 1 is 0.950 bits per heavy atom. The molecule has 1 fully saturated rings. The number of nitrogens with zero attached hydrogens (tertiary/aromatic N) is 1. The Morgan fingerprint density at radius 3 is 2.23 bits per heavy atom. The molecule has 2 aromatic rings. The molecule has 3 N–H and O–H groups in total. The van der Waals surface area contributed by atoms with E-state index in [2.05, 4.69) is 17.6 Å². The minimum absolute atomic E-state index is 0.0157. The van der Waals surface area contributed by atoms with Crippen molar-refractivity contribution in [2.24, 2.45) is 5.92 Å². The highest BCUT2D eigenvalue weighted by molar-refractivity contribution is 5.94. The number of benzene rings is 2. The van der Waals surface area contributed by atoms with Crippen molar-refractivity contribution in [2.45, 2.75) is 71.4 Å². The summed E-state index contributed by atoms with van der Waals surface area (Å²) in [6, 6.07) is 14.2. The molecule has 216 valence electrons. The van der Waals surface area contributed by atoms with Gasteiger partial charge in [-0.25, -0.2) is 4.79 Å². The highest BCUT2D eigenvalue weighted by atomic mass is 16.5. The summed E-state index contributed by atoms with van der Waals surface area (Å²) >= 11 is 0. The number of carboxylic acid groups (broad SMARTS) is 1. The molecule has 0 unspecified atom stereocenters. The highest BCUT2D eigenvalue weighted by Crippen LogP contribution is 2.28. The SMILES string of the molecule is CCCCOC(=O)c1ccc(NCC(=O)N(Cc2ccc(C(=O)NCCC(=O)O)cc2)C2CCC(C)CC2)cc1. The molecule has 0 heterocycles. The molecule has 0 radical (unpaired) electrons. The summed E-state index contributed by atoms with van der Waals surface area (Å²) in [5.74, 6) is -1.01. The highest BCUT2D eigenvalue weighted by Gasteiger charge is 2.27. The molecule has 3 rings (SSSR count). The minimum atomic E-state index is -0.966. The van der Waals surface area contributed by atoms with Crippen LogP contribution < -0.4 is 10.6 Å². The fraction of sp³-hybridized carbons (Fsp3) is 0.484. The van der Waals surface area contributed by atoms with Crippen LogP contribution in [0.1, 0.15) is 85.1 Å². The molecule has 40 heavy (non-hydrogen) atoms. The number of ether oxygens (including phenoxy) is 1. The van der Waals surface area contributed by atoms with Gasteiger partial charge in [-0.2, -0.15) is 0 Å². The van der Waals surface area contributed by atoms with Crippen LogP contribution in [-0.4, -0.2) is 59.5 Å². The molecule has 1 aliphatic carbocycles. The molecule has 1 aliphatic rings. The van der Waals surface area contributed by atoms with Crippen molar-refractivity contribution in [1.29, 1.82) is 0 Å². The first-order valence-corrected chi connectivity index (χ1v) is 14.2. The van der Waals surface area contributed by atoms with E-state index in [4.69, 9.17) is 9.84 Å². The first-order valence-electron chi connectivity index (χ1n) is 14.2. The molecule has 1 saturated carbocycles. The molecule has 0 bridgehead atoms. The molecule has 0 saturated heterocycles. The number of hydrogen-bond donors (Lipinski definition) is 3. The fourth-order valence-corrected chi connectivity index (χ4v) is 4.71. The average Bonchev–Trinajstić information content (AvgIpc) is 2.95. The second-order valence-electron chi connectivity index (χ2n) is 10.5. The van der Waals surface area contributed by atoms with E-state index in [-0.39, 0.29) is 43.3 Å². The number of aliphatic carboxylic acids is 1. The maximum atomic E-state index is 13.4. The Bertz CT molecular complexity index is 1120. The monoisotopic (exact) mass is 551 g/mol. The molecule has 2 amide bonds. The molecule has 9 heteroatoms. The summed E-state index contributed by atoms with van der Waals surface area (Å²) in [5.41, 5.74) is 2.58. The number of unbranched alkanes of at least 4 members (excludes halogenated alkanes) is 1. The summed E-state index contributed by atoms with van der Waals surface area (Å²) < 4.78 is 5.25. The summed E-state index contributed by atoms with van der Waals surface area (Å²) in [5, 5.41) is 14.5. The van der Waals surface area contributed by atoms with Crippen LogP contribution in [0.4, 0.5) is 5.69 Å². The van der Waals surface area contributed by atoms with Crippen molar-refractivity contribution in [1.82, 2.24) is 10.2 Å². The Kier molecular flexibility index (Phi) is 12.0. The van der Waals surface area contributed by atoms with Gasteiger partial charge in [-0.15, -0.1) is 0 Å². The lowest BCUT2D eigenvalue weighted by Crippen LogP contribution is -2.44. The molecule has 9 nitrogen and oxygen atoms in total. The predicted octanol–water partition coefficient (Wildman–Crippen LogP) is 4.87. The number of anilines is 1. The van der Waals surface area contributed by atoms with Crippen molar-refractivity contribution in [3.63, 3.8) is 0 Å². The number of carbonyl (C=O) groups is 4. The van der Waals surface area contributed by atoms with Crippen LogP contribution >= 0.6 is 0 Å². The zero-order valence-corrected chi connectivity index (χ0v) is 23.5. The van der Waals surface area contributed by atoms with Gasteiger partial charge in [0.25, 0.3) is 5.91 Å². The first-order chi connectivity index (χ1) is 19.3. The number of amides is 2.